The number of esters is 2. The number of nitrogens with zero attached hydrogens (tertiary/aromatic N) is 1. The molecule has 3 rings (SSSR count). The molecule has 1 N–H and O–H groups in total. The average Bonchev–Trinajstić information content (AvgIpc) is 3.41. The first kappa shape index (κ1) is 21.3. The first-order chi connectivity index (χ1) is 14.0. The highest BCUT2D eigenvalue weighted by Crippen LogP contribution is 2.16. The summed E-state index contributed by atoms with van der Waals surface area (Å²) in [6.45, 7) is 0.317. The summed E-state index contributed by atoms with van der Waals surface area (Å²) in [5.74, 6) is -0.362. The standard InChI is InChI=1S/C13H13NO5.C5H5NO4/c1-16-10-5-3-9(4-6-10)8-18-12-7-11(19-14-12)13(15)17-2;1-9-5(8)3-2-4(7)6-10-3/h3-7H,8H2,1-2H3;2H,1H3,(H,6,7). The van der Waals surface area contributed by atoms with Gasteiger partial charge in [-0.05, 0) is 22.9 Å². The van der Waals surface area contributed by atoms with Crippen LogP contribution in [0.25, 0.3) is 0 Å². The molecule has 154 valence electrons. The van der Waals surface area contributed by atoms with Gasteiger partial charge in [0.05, 0.1) is 33.5 Å². The molecule has 0 atom stereocenters. The molecule has 0 bridgehead atoms. The number of ether oxygens (including phenoxy) is 4. The fourth-order valence-electron chi connectivity index (χ4n) is 1.89. The van der Waals surface area contributed by atoms with Crippen molar-refractivity contribution in [2.75, 3.05) is 21.3 Å². The number of aromatic nitrogens is 2. The van der Waals surface area contributed by atoms with E-state index in [4.69, 9.17) is 14.0 Å². The smallest absolute Gasteiger partial charge is 0.377 e. The van der Waals surface area contributed by atoms with E-state index in [9.17, 15) is 14.4 Å². The van der Waals surface area contributed by atoms with Gasteiger partial charge in [0.25, 0.3) is 11.4 Å². The summed E-state index contributed by atoms with van der Waals surface area (Å²) >= 11 is 0. The van der Waals surface area contributed by atoms with E-state index < -0.39 is 17.5 Å². The van der Waals surface area contributed by atoms with E-state index >= 15 is 0 Å². The Hall–Kier alpha value is -4.02. The Morgan fingerprint density at radius 1 is 1.00 bits per heavy atom. The normalized spacial score (nSPS) is 9.76. The molecule has 0 spiro atoms. The van der Waals surface area contributed by atoms with Gasteiger partial charge < -0.3 is 28.0 Å². The van der Waals surface area contributed by atoms with Gasteiger partial charge in [0.1, 0.15) is 12.4 Å². The summed E-state index contributed by atoms with van der Waals surface area (Å²) in [5, 5.41) is 5.56. The average molecular weight is 406 g/mol. The molecule has 3 aromatic rings. The van der Waals surface area contributed by atoms with Crippen LogP contribution in [0.5, 0.6) is 11.6 Å². The molecular weight excluding hydrogens is 388 g/mol. The number of methoxy groups -OCH3 is 3. The van der Waals surface area contributed by atoms with Crippen molar-refractivity contribution in [2.24, 2.45) is 0 Å². The zero-order valence-corrected chi connectivity index (χ0v) is 15.8. The van der Waals surface area contributed by atoms with Gasteiger partial charge in [-0.25, -0.2) is 9.59 Å². The molecule has 0 aliphatic heterocycles. The third-order valence-electron chi connectivity index (χ3n) is 3.33. The summed E-state index contributed by atoms with van der Waals surface area (Å²) in [6.07, 6.45) is 0. The summed E-state index contributed by atoms with van der Waals surface area (Å²) < 4.78 is 28.4. The number of aromatic amines is 1. The Balaban J connectivity index is 0.000000253. The Labute approximate surface area is 164 Å². The van der Waals surface area contributed by atoms with E-state index in [0.717, 1.165) is 17.4 Å². The minimum atomic E-state index is -0.668. The SMILES string of the molecule is COC(=O)c1cc(=O)[nH]o1.COC(=O)c1cc(OCc2ccc(OC)cc2)no1. The van der Waals surface area contributed by atoms with Crippen LogP contribution in [0.4, 0.5) is 0 Å². The van der Waals surface area contributed by atoms with E-state index in [1.54, 1.807) is 7.11 Å². The molecule has 0 unspecified atom stereocenters. The van der Waals surface area contributed by atoms with E-state index in [-0.39, 0.29) is 17.4 Å². The van der Waals surface area contributed by atoms with E-state index in [0.29, 0.717) is 6.61 Å². The second kappa shape index (κ2) is 10.3. The minimum absolute atomic E-state index is 0.00670. The maximum Gasteiger partial charge on any atom is 0.377 e. The van der Waals surface area contributed by atoms with Gasteiger partial charge >= 0.3 is 11.9 Å². The number of H-pyrrole nitrogens is 1. The van der Waals surface area contributed by atoms with E-state index in [2.05, 4.69) is 19.2 Å². The molecule has 11 nitrogen and oxygen atoms in total. The lowest BCUT2D eigenvalue weighted by Crippen LogP contribution is -1.99. The predicted octanol–water partition coefficient (Wildman–Crippen LogP) is 1.80. The van der Waals surface area contributed by atoms with Crippen LogP contribution in [0, 0.1) is 0 Å². The van der Waals surface area contributed by atoms with Gasteiger partial charge in [-0.15, -0.1) is 0 Å². The maximum atomic E-state index is 11.1. The molecule has 0 radical (unpaired) electrons. The summed E-state index contributed by atoms with van der Waals surface area (Å²) in [4.78, 5) is 32.1. The van der Waals surface area contributed by atoms with Crippen molar-refractivity contribution in [2.45, 2.75) is 6.61 Å². The number of nitrogens with one attached hydrogen (secondary N) is 1. The van der Waals surface area contributed by atoms with Crippen molar-refractivity contribution in [3.63, 3.8) is 0 Å². The number of hydrogen-bond donors (Lipinski definition) is 1. The summed E-state index contributed by atoms with van der Waals surface area (Å²) in [6, 6.07) is 9.82. The van der Waals surface area contributed by atoms with Crippen molar-refractivity contribution in [1.82, 2.24) is 10.3 Å². The highest BCUT2D eigenvalue weighted by atomic mass is 16.6. The van der Waals surface area contributed by atoms with Crippen LogP contribution in [-0.4, -0.2) is 43.6 Å². The molecule has 0 saturated carbocycles. The molecule has 2 aromatic heterocycles. The Morgan fingerprint density at radius 2 is 1.66 bits per heavy atom. The molecule has 0 amide bonds. The molecular formula is C18H18N2O9. The first-order valence-corrected chi connectivity index (χ1v) is 8.04. The van der Waals surface area contributed by atoms with Crippen LogP contribution in [-0.2, 0) is 16.1 Å². The lowest BCUT2D eigenvalue weighted by atomic mass is 10.2. The number of rotatable bonds is 6. The predicted molar refractivity (Wildman–Crippen MR) is 95.8 cm³/mol. The van der Waals surface area contributed by atoms with Crippen molar-refractivity contribution >= 4 is 11.9 Å². The van der Waals surface area contributed by atoms with Gasteiger partial charge in [-0.1, -0.05) is 12.1 Å². The lowest BCUT2D eigenvalue weighted by molar-refractivity contribution is 0.0546. The third-order valence-corrected chi connectivity index (χ3v) is 3.33. The number of carbonyl (C=O) groups excluding carboxylic acids is 2. The molecule has 11 heteroatoms. The first-order valence-electron chi connectivity index (χ1n) is 8.04. The number of benzene rings is 1. The maximum absolute atomic E-state index is 11.1. The van der Waals surface area contributed by atoms with Gasteiger partial charge in [0.2, 0.25) is 11.5 Å². The highest BCUT2D eigenvalue weighted by Gasteiger charge is 2.13. The topological polar surface area (TPSA) is 143 Å². The van der Waals surface area contributed by atoms with Crippen molar-refractivity contribution in [3.8, 4) is 11.6 Å². The van der Waals surface area contributed by atoms with Crippen LogP contribution in [0.15, 0.2) is 50.2 Å². The Kier molecular flexibility index (Phi) is 7.59. The van der Waals surface area contributed by atoms with Crippen LogP contribution in [0.2, 0.25) is 0 Å². The molecule has 0 fully saturated rings. The summed E-state index contributed by atoms with van der Waals surface area (Å²) in [5.41, 5.74) is 0.490. The number of carbonyl (C=O) groups is 2. The molecule has 2 heterocycles. The minimum Gasteiger partial charge on any atom is -0.497 e. The van der Waals surface area contributed by atoms with E-state index in [1.165, 1.54) is 20.3 Å². The van der Waals surface area contributed by atoms with Crippen molar-refractivity contribution in [3.05, 3.63) is 63.8 Å². The largest absolute Gasteiger partial charge is 0.497 e. The van der Waals surface area contributed by atoms with Crippen LogP contribution in [0.3, 0.4) is 0 Å². The quantitative estimate of drug-likeness (QED) is 0.602. The van der Waals surface area contributed by atoms with Gasteiger partial charge in [-0.3, -0.25) is 4.79 Å². The Morgan fingerprint density at radius 3 is 2.21 bits per heavy atom. The fourth-order valence-corrected chi connectivity index (χ4v) is 1.89. The Bertz CT molecular complexity index is 985. The summed E-state index contributed by atoms with van der Waals surface area (Å²) in [7, 11) is 4.08. The second-order valence-corrected chi connectivity index (χ2v) is 5.23. The lowest BCUT2D eigenvalue weighted by Gasteiger charge is -2.03. The third kappa shape index (κ3) is 6.27. The van der Waals surface area contributed by atoms with Crippen molar-refractivity contribution < 1.29 is 37.6 Å². The van der Waals surface area contributed by atoms with Crippen LogP contribution in [0.1, 0.15) is 26.7 Å². The molecule has 1 aromatic carbocycles. The monoisotopic (exact) mass is 406 g/mol. The van der Waals surface area contributed by atoms with Crippen LogP contribution >= 0.6 is 0 Å². The molecule has 29 heavy (non-hydrogen) atoms. The van der Waals surface area contributed by atoms with Gasteiger partial charge in [-0.2, -0.15) is 5.16 Å². The van der Waals surface area contributed by atoms with Gasteiger partial charge in [0.15, 0.2) is 0 Å². The highest BCUT2D eigenvalue weighted by molar-refractivity contribution is 5.86. The zero-order valence-electron chi connectivity index (χ0n) is 15.8. The van der Waals surface area contributed by atoms with E-state index in [1.807, 2.05) is 29.4 Å². The molecule has 0 aliphatic rings. The number of hydrogen-bond acceptors (Lipinski definition) is 10. The second-order valence-electron chi connectivity index (χ2n) is 5.23. The molecule has 0 aliphatic carbocycles. The van der Waals surface area contributed by atoms with Crippen LogP contribution < -0.4 is 15.0 Å². The van der Waals surface area contributed by atoms with Gasteiger partial charge in [0, 0.05) is 0 Å². The van der Waals surface area contributed by atoms with Crippen molar-refractivity contribution in [1.29, 1.82) is 0 Å². The zero-order chi connectivity index (χ0) is 21.2. The molecule has 0 saturated heterocycles. The fraction of sp³-hybridized carbons (Fsp3) is 0.222.